The van der Waals surface area contributed by atoms with E-state index in [2.05, 4.69) is 15.9 Å². The maximum atomic E-state index is 14.4. The van der Waals surface area contributed by atoms with Crippen molar-refractivity contribution in [1.29, 1.82) is 5.26 Å². The van der Waals surface area contributed by atoms with Gasteiger partial charge >= 0.3 is 6.01 Å². The minimum absolute atomic E-state index is 0.0605. The number of nitrogen functional groups attached to an aromatic ring is 1. The first kappa shape index (κ1) is 27.2. The van der Waals surface area contributed by atoms with E-state index in [4.69, 9.17) is 36.8 Å². The molecule has 5 aliphatic rings. The average Bonchev–Trinajstić information content (AvgIpc) is 3.36. The van der Waals surface area contributed by atoms with E-state index in [1.165, 1.54) is 0 Å². The highest BCUT2D eigenvalue weighted by molar-refractivity contribution is 6.31. The molecule has 0 radical (unpaired) electrons. The van der Waals surface area contributed by atoms with Crippen LogP contribution in [0.1, 0.15) is 73.8 Å². The van der Waals surface area contributed by atoms with Crippen molar-refractivity contribution in [2.75, 3.05) is 43.4 Å². The van der Waals surface area contributed by atoms with E-state index in [0.717, 1.165) is 99.2 Å². The minimum atomic E-state index is -0.813. The Balaban J connectivity index is 1.25. The summed E-state index contributed by atoms with van der Waals surface area (Å²) in [5.74, 6) is 0.904. The Morgan fingerprint density at radius 1 is 1.15 bits per heavy atom. The lowest BCUT2D eigenvalue weighted by molar-refractivity contribution is -0.0855. The molecule has 5 heterocycles. The van der Waals surface area contributed by atoms with E-state index in [-0.39, 0.29) is 11.5 Å². The zero-order chi connectivity index (χ0) is 28.2. The van der Waals surface area contributed by atoms with E-state index in [0.29, 0.717) is 49.3 Å². The molecule has 0 bridgehead atoms. The first-order valence-corrected chi connectivity index (χ1v) is 15.5. The molecule has 0 amide bonds. The van der Waals surface area contributed by atoms with Crippen LogP contribution < -0.4 is 15.4 Å². The van der Waals surface area contributed by atoms with E-state index in [9.17, 15) is 9.65 Å². The maximum absolute atomic E-state index is 14.4. The second-order valence-electron chi connectivity index (χ2n) is 12.7. The number of hydrogen-bond donors (Lipinski definition) is 1. The second-order valence-corrected chi connectivity index (χ2v) is 13.1. The number of ether oxygens (including phenoxy) is 2. The Morgan fingerprint density at radius 3 is 2.93 bits per heavy atom. The summed E-state index contributed by atoms with van der Waals surface area (Å²) in [5.41, 5.74) is 10.2. The molecule has 0 saturated carbocycles. The summed E-state index contributed by atoms with van der Waals surface area (Å²) in [4.78, 5) is 14.5. The zero-order valence-electron chi connectivity index (χ0n) is 23.5. The summed E-state index contributed by atoms with van der Waals surface area (Å²) in [7, 11) is 0. The molecule has 1 aliphatic carbocycles. The molecular weight excluding hydrogens is 543 g/mol. The molecule has 2 aromatic rings. The standard InChI is InChI=1S/C31H38ClFN6O2/c32-26-13-22(35)12-25-23(26)5-1-8-31(25)15-27-24(18-41-31)28(38-9-2-4-20(16-34)6-11-38)37-29(36-27)40-19-30-7-3-10-39(30)17-21(33)14-30/h12-13,20-21H,1-11,14-15,17-19,35H2/t20-,21+,30-,31-/m0/s1. The van der Waals surface area contributed by atoms with Gasteiger partial charge in [0.05, 0.1) is 29.5 Å². The van der Waals surface area contributed by atoms with Crippen molar-refractivity contribution >= 4 is 23.1 Å². The van der Waals surface area contributed by atoms with Crippen LogP contribution in [0.25, 0.3) is 0 Å². The quantitative estimate of drug-likeness (QED) is 0.499. The van der Waals surface area contributed by atoms with Crippen LogP contribution in [0.4, 0.5) is 15.9 Å². The van der Waals surface area contributed by atoms with Crippen LogP contribution >= 0.6 is 11.6 Å². The van der Waals surface area contributed by atoms with Crippen molar-refractivity contribution < 1.29 is 13.9 Å². The van der Waals surface area contributed by atoms with Crippen molar-refractivity contribution in [1.82, 2.24) is 14.9 Å². The van der Waals surface area contributed by atoms with Gasteiger partial charge in [-0.25, -0.2) is 4.39 Å². The third-order valence-electron chi connectivity index (χ3n) is 10.2. The summed E-state index contributed by atoms with van der Waals surface area (Å²) < 4.78 is 27.6. The fraction of sp³-hybridized carbons (Fsp3) is 0.645. The van der Waals surface area contributed by atoms with Crippen LogP contribution in [0.3, 0.4) is 0 Å². The number of anilines is 2. The maximum Gasteiger partial charge on any atom is 0.318 e. The molecule has 8 nitrogen and oxygen atoms in total. The van der Waals surface area contributed by atoms with Crippen molar-refractivity contribution in [2.24, 2.45) is 5.92 Å². The second kappa shape index (κ2) is 10.6. The molecule has 3 saturated heterocycles. The Kier molecular flexibility index (Phi) is 7.00. The predicted octanol–water partition coefficient (Wildman–Crippen LogP) is 5.10. The van der Waals surface area contributed by atoms with Gasteiger partial charge in [0.1, 0.15) is 18.6 Å². The third kappa shape index (κ3) is 4.82. The highest BCUT2D eigenvalue weighted by atomic mass is 35.5. The molecule has 3 fully saturated rings. The highest BCUT2D eigenvalue weighted by Crippen LogP contribution is 2.48. The van der Waals surface area contributed by atoms with Crippen LogP contribution in [0, 0.1) is 17.2 Å². The normalized spacial score (nSPS) is 31.3. The molecule has 4 atom stereocenters. The minimum Gasteiger partial charge on any atom is -0.461 e. The van der Waals surface area contributed by atoms with Crippen LogP contribution in [-0.2, 0) is 29.8 Å². The number of hydrogen-bond acceptors (Lipinski definition) is 8. The molecule has 1 aromatic carbocycles. The summed E-state index contributed by atoms with van der Waals surface area (Å²) in [6.07, 6.45) is 7.62. The number of nitrogens with zero attached hydrogens (tertiary/aromatic N) is 5. The summed E-state index contributed by atoms with van der Waals surface area (Å²) in [6, 6.07) is 6.65. The summed E-state index contributed by atoms with van der Waals surface area (Å²) in [5, 5.41) is 10.2. The largest absolute Gasteiger partial charge is 0.461 e. The molecule has 4 aliphatic heterocycles. The number of rotatable bonds is 4. The first-order chi connectivity index (χ1) is 19.9. The van der Waals surface area contributed by atoms with Gasteiger partial charge in [-0.2, -0.15) is 15.2 Å². The predicted molar refractivity (Wildman–Crippen MR) is 155 cm³/mol. The number of nitriles is 1. The van der Waals surface area contributed by atoms with E-state index >= 15 is 0 Å². The first-order valence-electron chi connectivity index (χ1n) is 15.2. The molecule has 7 rings (SSSR count). The number of fused-ring (bicyclic) bond motifs is 4. The fourth-order valence-electron chi connectivity index (χ4n) is 8.07. The van der Waals surface area contributed by atoms with Crippen molar-refractivity contribution in [3.05, 3.63) is 39.5 Å². The van der Waals surface area contributed by atoms with Gasteiger partial charge < -0.3 is 20.1 Å². The van der Waals surface area contributed by atoms with Crippen molar-refractivity contribution in [3.8, 4) is 12.1 Å². The molecule has 0 unspecified atom stereocenters. The molecule has 1 aromatic heterocycles. The van der Waals surface area contributed by atoms with Crippen LogP contribution in [0.15, 0.2) is 12.1 Å². The number of halogens is 2. The molecule has 218 valence electrons. The molecule has 10 heteroatoms. The lowest BCUT2D eigenvalue weighted by atomic mass is 9.74. The average molecular weight is 581 g/mol. The van der Waals surface area contributed by atoms with Gasteiger partial charge in [-0.3, -0.25) is 4.90 Å². The fourth-order valence-corrected chi connectivity index (χ4v) is 8.39. The molecule has 41 heavy (non-hydrogen) atoms. The lowest BCUT2D eigenvalue weighted by Crippen LogP contribution is -2.44. The monoisotopic (exact) mass is 580 g/mol. The Labute approximate surface area is 246 Å². The Hall–Kier alpha value is -2.67. The summed E-state index contributed by atoms with van der Waals surface area (Å²) >= 11 is 6.66. The van der Waals surface area contributed by atoms with Gasteiger partial charge in [-0.1, -0.05) is 11.6 Å². The smallest absolute Gasteiger partial charge is 0.318 e. The van der Waals surface area contributed by atoms with Crippen LogP contribution in [0.5, 0.6) is 6.01 Å². The zero-order valence-corrected chi connectivity index (χ0v) is 24.3. The van der Waals surface area contributed by atoms with Crippen molar-refractivity contribution in [2.45, 2.75) is 88.1 Å². The Morgan fingerprint density at radius 2 is 2.05 bits per heavy atom. The highest BCUT2D eigenvalue weighted by Gasteiger charge is 2.50. The van der Waals surface area contributed by atoms with Gasteiger partial charge in [0.15, 0.2) is 0 Å². The lowest BCUT2D eigenvalue weighted by Gasteiger charge is -2.43. The molecule has 1 spiro atoms. The number of aromatic nitrogens is 2. The van der Waals surface area contributed by atoms with Crippen LogP contribution in [0.2, 0.25) is 5.02 Å². The van der Waals surface area contributed by atoms with E-state index < -0.39 is 11.8 Å². The number of benzene rings is 1. The van der Waals surface area contributed by atoms with E-state index in [1.54, 1.807) is 0 Å². The van der Waals surface area contributed by atoms with E-state index in [1.807, 2.05) is 12.1 Å². The third-order valence-corrected chi connectivity index (χ3v) is 10.5. The Bertz CT molecular complexity index is 1390. The number of alkyl halides is 1. The van der Waals surface area contributed by atoms with Gasteiger partial charge in [0.25, 0.3) is 0 Å². The van der Waals surface area contributed by atoms with Gasteiger partial charge in [-0.05, 0) is 81.2 Å². The van der Waals surface area contributed by atoms with Gasteiger partial charge in [0.2, 0.25) is 0 Å². The SMILES string of the molecule is N#C[C@H]1CCCN(c2nc(OC[C@@]34CCCN3C[C@H](F)C4)nc3c2CO[C@@]2(CCCc4c(Cl)cc(N)cc42)C3)CC1. The molecule has 2 N–H and O–H groups in total. The van der Waals surface area contributed by atoms with Gasteiger partial charge in [0, 0.05) is 54.7 Å². The van der Waals surface area contributed by atoms with Crippen LogP contribution in [-0.4, -0.2) is 59.4 Å². The van der Waals surface area contributed by atoms with Crippen molar-refractivity contribution in [3.63, 3.8) is 0 Å². The topological polar surface area (TPSA) is 101 Å². The molecular formula is C31H38ClFN6O2. The number of nitrogens with two attached hydrogens (primary N) is 1. The summed E-state index contributed by atoms with van der Waals surface area (Å²) in [6.45, 7) is 3.75. The van der Waals surface area contributed by atoms with Gasteiger partial charge in [-0.15, -0.1) is 0 Å².